The topological polar surface area (TPSA) is 59.9 Å². The Bertz CT molecular complexity index is 467. The lowest BCUT2D eigenvalue weighted by atomic mass is 10.2. The first-order chi connectivity index (χ1) is 7.12. The zero-order valence-electron chi connectivity index (χ0n) is 8.49. The highest BCUT2D eigenvalue weighted by Gasteiger charge is 2.34. The Balaban J connectivity index is 3.05. The molecule has 1 aromatic rings. The van der Waals surface area contributed by atoms with Crippen molar-refractivity contribution in [2.45, 2.75) is 18.3 Å². The molecular weight excluding hydrogens is 245 g/mol. The number of hydrogen-bond acceptors (Lipinski definition) is 4. The maximum Gasteiger partial charge on any atom is 0.451 e. The molecule has 4 nitrogen and oxygen atoms in total. The van der Waals surface area contributed by atoms with Crippen molar-refractivity contribution in [1.82, 2.24) is 9.97 Å². The van der Waals surface area contributed by atoms with E-state index in [2.05, 4.69) is 9.97 Å². The SMILES string of the molecule is CC(c1cnc(C(F)(F)F)nc1)S(C)(=O)=O. The fraction of sp³-hybridized carbons (Fsp3) is 0.500. The highest BCUT2D eigenvalue weighted by atomic mass is 32.2. The molecule has 0 bridgehead atoms. The van der Waals surface area contributed by atoms with E-state index in [1.54, 1.807) is 0 Å². The van der Waals surface area contributed by atoms with E-state index in [1.165, 1.54) is 6.92 Å². The number of nitrogens with zero attached hydrogens (tertiary/aromatic N) is 2. The number of hydrogen-bond donors (Lipinski definition) is 0. The standard InChI is InChI=1S/C8H9F3N2O2S/c1-5(16(2,14)15)6-3-12-7(13-4-6)8(9,10)11/h3-5H,1-2H3. The molecule has 1 heterocycles. The maximum atomic E-state index is 12.1. The van der Waals surface area contributed by atoms with Gasteiger partial charge in [-0.15, -0.1) is 0 Å². The summed E-state index contributed by atoms with van der Waals surface area (Å²) >= 11 is 0. The quantitative estimate of drug-likeness (QED) is 0.804. The molecular formula is C8H9F3N2O2S. The van der Waals surface area contributed by atoms with Crippen molar-refractivity contribution in [2.75, 3.05) is 6.26 Å². The first-order valence-corrected chi connectivity index (χ1v) is 6.16. The maximum absolute atomic E-state index is 12.1. The van der Waals surface area contributed by atoms with Gasteiger partial charge >= 0.3 is 6.18 Å². The fourth-order valence-electron chi connectivity index (χ4n) is 0.942. The Hall–Kier alpha value is -1.18. The molecule has 0 aromatic carbocycles. The van der Waals surface area contributed by atoms with Crippen LogP contribution < -0.4 is 0 Å². The first-order valence-electron chi connectivity index (χ1n) is 4.20. The van der Waals surface area contributed by atoms with Gasteiger partial charge in [-0.25, -0.2) is 18.4 Å². The van der Waals surface area contributed by atoms with Crippen LogP contribution in [0, 0.1) is 0 Å². The van der Waals surface area contributed by atoms with Crippen molar-refractivity contribution >= 4 is 9.84 Å². The van der Waals surface area contributed by atoms with Gasteiger partial charge in [0, 0.05) is 24.2 Å². The number of halogens is 3. The van der Waals surface area contributed by atoms with E-state index in [0.29, 0.717) is 0 Å². The smallest absolute Gasteiger partial charge is 0.233 e. The fourth-order valence-corrected chi connectivity index (χ4v) is 1.56. The molecule has 0 aliphatic heterocycles. The summed E-state index contributed by atoms with van der Waals surface area (Å²) < 4.78 is 58.6. The highest BCUT2D eigenvalue weighted by molar-refractivity contribution is 7.90. The lowest BCUT2D eigenvalue weighted by Gasteiger charge is -2.10. The van der Waals surface area contributed by atoms with Crippen molar-refractivity contribution in [3.8, 4) is 0 Å². The molecule has 8 heteroatoms. The van der Waals surface area contributed by atoms with Crippen molar-refractivity contribution in [3.05, 3.63) is 23.8 Å². The van der Waals surface area contributed by atoms with E-state index in [-0.39, 0.29) is 5.56 Å². The zero-order valence-corrected chi connectivity index (χ0v) is 9.30. The second kappa shape index (κ2) is 4.00. The van der Waals surface area contributed by atoms with Gasteiger partial charge in [0.1, 0.15) is 0 Å². The van der Waals surface area contributed by atoms with Crippen LogP contribution in [-0.2, 0) is 16.0 Å². The molecule has 0 aliphatic carbocycles. The zero-order chi connectivity index (χ0) is 12.6. The minimum atomic E-state index is -4.62. The molecule has 0 spiro atoms. The molecule has 0 fully saturated rings. The van der Waals surface area contributed by atoms with E-state index < -0.39 is 27.1 Å². The summed E-state index contributed by atoms with van der Waals surface area (Å²) in [4.78, 5) is 6.17. The molecule has 0 saturated heterocycles. The Morgan fingerprint density at radius 2 is 1.69 bits per heavy atom. The second-order valence-corrected chi connectivity index (χ2v) is 5.68. The van der Waals surface area contributed by atoms with Crippen LogP contribution in [-0.4, -0.2) is 24.6 Å². The van der Waals surface area contributed by atoms with Gasteiger partial charge in [-0.2, -0.15) is 13.2 Å². The summed E-state index contributed by atoms with van der Waals surface area (Å²) in [5.41, 5.74) is 0.135. The van der Waals surface area contributed by atoms with E-state index in [1.807, 2.05) is 0 Å². The van der Waals surface area contributed by atoms with E-state index >= 15 is 0 Å². The van der Waals surface area contributed by atoms with Gasteiger partial charge in [-0.05, 0) is 6.92 Å². The predicted molar refractivity (Wildman–Crippen MR) is 50.3 cm³/mol. The molecule has 0 aliphatic rings. The average molecular weight is 254 g/mol. The molecule has 0 N–H and O–H groups in total. The normalized spacial score (nSPS) is 14.8. The number of sulfone groups is 1. The molecule has 16 heavy (non-hydrogen) atoms. The lowest BCUT2D eigenvalue weighted by molar-refractivity contribution is -0.145. The van der Waals surface area contributed by atoms with Crippen LogP contribution in [0.15, 0.2) is 12.4 Å². The summed E-state index contributed by atoms with van der Waals surface area (Å²) in [5, 5.41) is -0.921. The Labute approximate surface area is 90.5 Å². The Kier molecular flexibility index (Phi) is 3.22. The number of alkyl halides is 3. The van der Waals surface area contributed by atoms with Crippen LogP contribution in [0.5, 0.6) is 0 Å². The minimum absolute atomic E-state index is 0.135. The van der Waals surface area contributed by atoms with Crippen LogP contribution >= 0.6 is 0 Å². The predicted octanol–water partition coefficient (Wildman–Crippen LogP) is 1.60. The molecule has 90 valence electrons. The summed E-state index contributed by atoms with van der Waals surface area (Å²) in [6, 6.07) is 0. The molecule has 1 rings (SSSR count). The molecule has 0 radical (unpaired) electrons. The van der Waals surface area contributed by atoms with E-state index in [4.69, 9.17) is 0 Å². The summed E-state index contributed by atoms with van der Waals surface area (Å²) in [5.74, 6) is -1.28. The van der Waals surface area contributed by atoms with Gasteiger partial charge in [0.25, 0.3) is 0 Å². The first kappa shape index (κ1) is 12.9. The summed E-state index contributed by atoms with van der Waals surface area (Å²) in [6.07, 6.45) is -1.87. The molecule has 0 saturated carbocycles. The Morgan fingerprint density at radius 3 is 2.00 bits per heavy atom. The third-order valence-electron chi connectivity index (χ3n) is 2.04. The second-order valence-electron chi connectivity index (χ2n) is 3.31. The van der Waals surface area contributed by atoms with Crippen molar-refractivity contribution in [1.29, 1.82) is 0 Å². The largest absolute Gasteiger partial charge is 0.451 e. The van der Waals surface area contributed by atoms with Gasteiger partial charge in [0.15, 0.2) is 9.84 Å². The monoisotopic (exact) mass is 254 g/mol. The minimum Gasteiger partial charge on any atom is -0.233 e. The van der Waals surface area contributed by atoms with Crippen LogP contribution in [0.25, 0.3) is 0 Å². The van der Waals surface area contributed by atoms with Gasteiger partial charge in [-0.1, -0.05) is 0 Å². The number of rotatable bonds is 2. The van der Waals surface area contributed by atoms with Crippen LogP contribution in [0.3, 0.4) is 0 Å². The molecule has 1 unspecified atom stereocenters. The third kappa shape index (κ3) is 2.91. The highest BCUT2D eigenvalue weighted by Crippen LogP contribution is 2.26. The van der Waals surface area contributed by atoms with Crippen LogP contribution in [0.2, 0.25) is 0 Å². The molecule has 1 atom stereocenters. The average Bonchev–Trinajstić information content (AvgIpc) is 2.14. The van der Waals surface area contributed by atoms with Crippen molar-refractivity contribution in [3.63, 3.8) is 0 Å². The van der Waals surface area contributed by atoms with Crippen LogP contribution in [0.4, 0.5) is 13.2 Å². The van der Waals surface area contributed by atoms with Crippen LogP contribution in [0.1, 0.15) is 23.6 Å². The van der Waals surface area contributed by atoms with Gasteiger partial charge in [-0.3, -0.25) is 0 Å². The Morgan fingerprint density at radius 1 is 1.25 bits per heavy atom. The van der Waals surface area contributed by atoms with E-state index in [9.17, 15) is 21.6 Å². The van der Waals surface area contributed by atoms with Gasteiger partial charge < -0.3 is 0 Å². The van der Waals surface area contributed by atoms with Crippen molar-refractivity contribution in [2.24, 2.45) is 0 Å². The summed E-state index contributed by atoms with van der Waals surface area (Å²) in [7, 11) is -3.37. The third-order valence-corrected chi connectivity index (χ3v) is 3.59. The summed E-state index contributed by atoms with van der Waals surface area (Å²) in [6.45, 7) is 1.36. The van der Waals surface area contributed by atoms with Gasteiger partial charge in [0.05, 0.1) is 5.25 Å². The molecule has 1 aromatic heterocycles. The van der Waals surface area contributed by atoms with Gasteiger partial charge in [0.2, 0.25) is 5.82 Å². The lowest BCUT2D eigenvalue weighted by Crippen LogP contribution is -2.13. The molecule has 0 amide bonds. The van der Waals surface area contributed by atoms with Crippen molar-refractivity contribution < 1.29 is 21.6 Å². The van der Waals surface area contributed by atoms with E-state index in [0.717, 1.165) is 18.6 Å². The number of aromatic nitrogens is 2.